The molecule has 0 atom stereocenters. The van der Waals surface area contributed by atoms with E-state index < -0.39 is 0 Å². The first kappa shape index (κ1) is 15.7. The third-order valence-electron chi connectivity index (χ3n) is 2.86. The van der Waals surface area contributed by atoms with E-state index >= 15 is 0 Å². The molecule has 108 valence electrons. The molecule has 0 amide bonds. The molecule has 0 aliphatic carbocycles. The Morgan fingerprint density at radius 2 is 2.05 bits per heavy atom. The second kappa shape index (κ2) is 6.70. The minimum Gasteiger partial charge on any atom is -0.370 e. The van der Waals surface area contributed by atoms with Gasteiger partial charge in [0.2, 0.25) is 0 Å². The quantitative estimate of drug-likeness (QED) is 0.791. The predicted octanol–water partition coefficient (Wildman–Crippen LogP) is 2.17. The Kier molecular flexibility index (Phi) is 5.54. The lowest BCUT2D eigenvalue weighted by atomic mass is 10.0. The zero-order chi connectivity index (χ0) is 14.5. The Balaban J connectivity index is 2.73. The fourth-order valence-corrected chi connectivity index (χ4v) is 1.66. The molecule has 0 fully saturated rings. The number of aromatic nitrogens is 2. The Hall–Kier alpha value is -1.36. The number of rotatable bonds is 7. The van der Waals surface area contributed by atoms with Crippen LogP contribution >= 0.6 is 0 Å². The molecule has 0 spiro atoms. The summed E-state index contributed by atoms with van der Waals surface area (Å²) in [5, 5.41) is 3.30. The molecular weight excluding hydrogens is 238 g/mol. The van der Waals surface area contributed by atoms with E-state index in [4.69, 9.17) is 5.73 Å². The summed E-state index contributed by atoms with van der Waals surface area (Å²) >= 11 is 0. The zero-order valence-corrected chi connectivity index (χ0v) is 12.8. The topological polar surface area (TPSA) is 67.1 Å². The lowest BCUT2D eigenvalue weighted by molar-refractivity contribution is 0.478. The molecule has 5 heteroatoms. The van der Waals surface area contributed by atoms with Gasteiger partial charge in [-0.25, -0.2) is 9.97 Å². The molecule has 0 aliphatic rings. The van der Waals surface area contributed by atoms with E-state index in [2.05, 4.69) is 27.1 Å². The molecule has 5 nitrogen and oxygen atoms in total. The van der Waals surface area contributed by atoms with Crippen LogP contribution in [0.4, 0.5) is 11.6 Å². The van der Waals surface area contributed by atoms with Gasteiger partial charge in [0, 0.05) is 31.7 Å². The Bertz CT molecular complexity index is 397. The zero-order valence-electron chi connectivity index (χ0n) is 12.8. The maximum Gasteiger partial charge on any atom is 0.134 e. The van der Waals surface area contributed by atoms with Gasteiger partial charge in [-0.15, -0.1) is 0 Å². The van der Waals surface area contributed by atoms with Crippen molar-refractivity contribution < 1.29 is 0 Å². The molecule has 0 unspecified atom stereocenters. The van der Waals surface area contributed by atoms with Crippen molar-refractivity contribution in [2.45, 2.75) is 46.1 Å². The third-order valence-corrected chi connectivity index (χ3v) is 2.86. The summed E-state index contributed by atoms with van der Waals surface area (Å²) in [6.45, 7) is 9.95. The van der Waals surface area contributed by atoms with E-state index in [-0.39, 0.29) is 5.54 Å². The predicted molar refractivity (Wildman–Crippen MR) is 81.7 cm³/mol. The SMILES string of the molecule is CCCNc1cc(N(C)CCC(C)(C)N)nc(C)n1. The average molecular weight is 265 g/mol. The molecular formula is C14H27N5. The maximum atomic E-state index is 6.02. The van der Waals surface area contributed by atoms with Crippen molar-refractivity contribution in [2.75, 3.05) is 30.4 Å². The van der Waals surface area contributed by atoms with Crippen molar-refractivity contribution >= 4 is 11.6 Å². The number of anilines is 2. The van der Waals surface area contributed by atoms with Crippen molar-refractivity contribution in [3.63, 3.8) is 0 Å². The first-order chi connectivity index (χ1) is 8.81. The second-order valence-electron chi connectivity index (χ2n) is 5.75. The first-order valence-corrected chi connectivity index (χ1v) is 6.91. The molecule has 0 aliphatic heterocycles. The first-order valence-electron chi connectivity index (χ1n) is 6.91. The van der Waals surface area contributed by atoms with E-state index in [0.717, 1.165) is 43.4 Å². The number of hydrogen-bond donors (Lipinski definition) is 2. The second-order valence-corrected chi connectivity index (χ2v) is 5.75. The molecule has 3 N–H and O–H groups in total. The fraction of sp³-hybridized carbons (Fsp3) is 0.714. The molecule has 0 radical (unpaired) electrons. The van der Waals surface area contributed by atoms with Crippen LogP contribution in [-0.2, 0) is 0 Å². The highest BCUT2D eigenvalue weighted by molar-refractivity contribution is 5.48. The van der Waals surface area contributed by atoms with E-state index in [1.165, 1.54) is 0 Å². The van der Waals surface area contributed by atoms with Gasteiger partial charge in [-0.3, -0.25) is 0 Å². The van der Waals surface area contributed by atoms with Gasteiger partial charge >= 0.3 is 0 Å². The highest BCUT2D eigenvalue weighted by atomic mass is 15.2. The minimum atomic E-state index is -0.153. The number of aryl methyl sites for hydroxylation is 1. The van der Waals surface area contributed by atoms with Gasteiger partial charge in [0.25, 0.3) is 0 Å². The van der Waals surface area contributed by atoms with Crippen molar-refractivity contribution in [2.24, 2.45) is 5.73 Å². The van der Waals surface area contributed by atoms with Gasteiger partial charge in [-0.1, -0.05) is 6.92 Å². The van der Waals surface area contributed by atoms with E-state index in [0.29, 0.717) is 0 Å². The van der Waals surface area contributed by atoms with Crippen LogP contribution in [0.25, 0.3) is 0 Å². The highest BCUT2D eigenvalue weighted by Gasteiger charge is 2.13. The number of nitrogens with zero attached hydrogens (tertiary/aromatic N) is 3. The Labute approximate surface area is 116 Å². The monoisotopic (exact) mass is 265 g/mol. The number of nitrogens with two attached hydrogens (primary N) is 1. The normalized spacial score (nSPS) is 11.5. The van der Waals surface area contributed by atoms with Crippen LogP contribution in [0.2, 0.25) is 0 Å². The van der Waals surface area contributed by atoms with Gasteiger partial charge in [0.1, 0.15) is 17.5 Å². The van der Waals surface area contributed by atoms with Crippen molar-refractivity contribution in [1.82, 2.24) is 9.97 Å². The molecule has 0 saturated carbocycles. The summed E-state index contributed by atoms with van der Waals surface area (Å²) in [6.07, 6.45) is 2.00. The van der Waals surface area contributed by atoms with Crippen LogP contribution < -0.4 is 16.0 Å². The van der Waals surface area contributed by atoms with Crippen molar-refractivity contribution in [3.05, 3.63) is 11.9 Å². The van der Waals surface area contributed by atoms with Gasteiger partial charge in [-0.2, -0.15) is 0 Å². The molecule has 0 bridgehead atoms. The third kappa shape index (κ3) is 5.87. The molecule has 0 saturated heterocycles. The molecule has 0 aromatic carbocycles. The lowest BCUT2D eigenvalue weighted by Gasteiger charge is -2.24. The summed E-state index contributed by atoms with van der Waals surface area (Å²) in [5.41, 5.74) is 5.86. The van der Waals surface area contributed by atoms with Crippen LogP contribution in [0.5, 0.6) is 0 Å². The van der Waals surface area contributed by atoms with E-state index in [9.17, 15) is 0 Å². The summed E-state index contributed by atoms with van der Waals surface area (Å²) in [4.78, 5) is 11.0. The smallest absolute Gasteiger partial charge is 0.134 e. The minimum absolute atomic E-state index is 0.153. The van der Waals surface area contributed by atoms with Crippen molar-refractivity contribution in [3.8, 4) is 0 Å². The van der Waals surface area contributed by atoms with Crippen LogP contribution in [0.1, 0.15) is 39.4 Å². The molecule has 1 heterocycles. The summed E-state index contributed by atoms with van der Waals surface area (Å²) in [7, 11) is 2.04. The van der Waals surface area contributed by atoms with Crippen LogP contribution in [0.3, 0.4) is 0 Å². The van der Waals surface area contributed by atoms with Crippen LogP contribution in [0, 0.1) is 6.92 Å². The van der Waals surface area contributed by atoms with Gasteiger partial charge in [0.15, 0.2) is 0 Å². The molecule has 1 aromatic heterocycles. The number of nitrogens with one attached hydrogen (secondary N) is 1. The van der Waals surface area contributed by atoms with Crippen molar-refractivity contribution in [1.29, 1.82) is 0 Å². The number of hydrogen-bond acceptors (Lipinski definition) is 5. The van der Waals surface area contributed by atoms with E-state index in [1.54, 1.807) is 0 Å². The standard InChI is InChI=1S/C14H27N5/c1-6-8-16-12-10-13(18-11(2)17-12)19(5)9-7-14(3,4)15/h10H,6-9,15H2,1-5H3,(H,16,17,18). The summed E-state index contributed by atoms with van der Waals surface area (Å²) in [6, 6.07) is 1.99. The highest BCUT2D eigenvalue weighted by Crippen LogP contribution is 2.16. The largest absolute Gasteiger partial charge is 0.370 e. The molecule has 1 rings (SSSR count). The molecule has 19 heavy (non-hydrogen) atoms. The fourth-order valence-electron chi connectivity index (χ4n) is 1.66. The lowest BCUT2D eigenvalue weighted by Crippen LogP contribution is -2.36. The van der Waals surface area contributed by atoms with Gasteiger partial charge in [-0.05, 0) is 33.6 Å². The van der Waals surface area contributed by atoms with E-state index in [1.807, 2.05) is 33.9 Å². The molecule has 1 aromatic rings. The summed E-state index contributed by atoms with van der Waals surface area (Å²) in [5.74, 6) is 2.62. The van der Waals surface area contributed by atoms with Crippen LogP contribution in [0.15, 0.2) is 6.07 Å². The van der Waals surface area contributed by atoms with Gasteiger partial charge in [0.05, 0.1) is 0 Å². The van der Waals surface area contributed by atoms with Gasteiger partial charge < -0.3 is 16.0 Å². The average Bonchev–Trinajstić information content (AvgIpc) is 2.31. The van der Waals surface area contributed by atoms with Crippen LogP contribution in [-0.4, -0.2) is 35.6 Å². The Morgan fingerprint density at radius 3 is 2.63 bits per heavy atom. The maximum absolute atomic E-state index is 6.02. The summed E-state index contributed by atoms with van der Waals surface area (Å²) < 4.78 is 0. The Morgan fingerprint density at radius 1 is 1.37 bits per heavy atom.